The van der Waals surface area contributed by atoms with Crippen molar-refractivity contribution in [3.05, 3.63) is 290 Å². The number of rotatable bonds is 8. The number of aromatic nitrogens is 7. The van der Waals surface area contributed by atoms with Crippen molar-refractivity contribution in [2.45, 2.75) is 12.3 Å². The maximum atomic E-state index is 5.44. The summed E-state index contributed by atoms with van der Waals surface area (Å²) in [5.74, 6) is 1.96. The van der Waals surface area contributed by atoms with E-state index >= 15 is 0 Å². The molecule has 1 unspecified atom stereocenters. The van der Waals surface area contributed by atoms with Gasteiger partial charge in [-0.2, -0.15) is 0 Å². The van der Waals surface area contributed by atoms with Gasteiger partial charge in [0.2, 0.25) is 0 Å². The fraction of sp³-hybridized carbons (Fsp3) is 0.0267. The molecule has 5 aromatic heterocycles. The van der Waals surface area contributed by atoms with Gasteiger partial charge in [0.25, 0.3) is 0 Å². The van der Waals surface area contributed by atoms with E-state index in [9.17, 15) is 0 Å². The molecule has 0 amide bonds. The average Bonchev–Trinajstić information content (AvgIpc) is 4.25. The molecule has 11 aromatic carbocycles. The third-order valence-electron chi connectivity index (χ3n) is 17.0. The second kappa shape index (κ2) is 18.3. The van der Waals surface area contributed by atoms with Gasteiger partial charge in [-0.1, -0.05) is 188 Å². The molecule has 384 valence electrons. The Morgan fingerprint density at radius 3 is 1.32 bits per heavy atom. The maximum absolute atomic E-state index is 5.44. The van der Waals surface area contributed by atoms with E-state index in [-0.39, 0.29) is 5.92 Å². The summed E-state index contributed by atoms with van der Waals surface area (Å²) in [5.41, 5.74) is 18.9. The highest BCUT2D eigenvalue weighted by Gasteiger charge is 2.28. The van der Waals surface area contributed by atoms with E-state index in [0.717, 1.165) is 73.4 Å². The summed E-state index contributed by atoms with van der Waals surface area (Å²) < 4.78 is 9.70. The molecular weight excluding hydrogens is 999 g/mol. The molecule has 0 saturated carbocycles. The predicted molar refractivity (Wildman–Crippen MR) is 338 cm³/mol. The van der Waals surface area contributed by atoms with Crippen LogP contribution in [0.25, 0.3) is 139 Å². The van der Waals surface area contributed by atoms with Gasteiger partial charge in [0.15, 0.2) is 17.5 Å². The molecule has 0 aliphatic heterocycles. The lowest BCUT2D eigenvalue weighted by Gasteiger charge is -2.22. The minimum absolute atomic E-state index is 0.164. The molecule has 1 aliphatic rings. The normalized spacial score (nSPS) is 13.4. The number of hydrogen-bond acceptors (Lipinski definition) is 3. The summed E-state index contributed by atoms with van der Waals surface area (Å²) in [4.78, 5) is 16.0. The van der Waals surface area contributed by atoms with E-state index in [2.05, 4.69) is 279 Å². The summed E-state index contributed by atoms with van der Waals surface area (Å²) in [6, 6.07) is 96.0. The topological polar surface area (TPSA) is 58.4 Å². The van der Waals surface area contributed by atoms with Gasteiger partial charge in [0.1, 0.15) is 0 Å². The number of allylic oxidation sites excluding steroid dienone is 1. The van der Waals surface area contributed by atoms with Gasteiger partial charge in [-0.15, -0.1) is 0 Å². The number of hydrogen-bond donors (Lipinski definition) is 0. The van der Waals surface area contributed by atoms with Crippen molar-refractivity contribution in [2.24, 2.45) is 0 Å². The van der Waals surface area contributed by atoms with E-state index in [1.165, 1.54) is 65.6 Å². The Balaban J connectivity index is 0.852. The first-order chi connectivity index (χ1) is 40.7. The van der Waals surface area contributed by atoms with Crippen LogP contribution in [0.5, 0.6) is 0 Å². The second-order valence-corrected chi connectivity index (χ2v) is 21.5. The molecule has 17 rings (SSSR count). The molecule has 7 heteroatoms. The highest BCUT2D eigenvalue weighted by Crippen LogP contribution is 2.44. The zero-order chi connectivity index (χ0) is 53.8. The van der Waals surface area contributed by atoms with Crippen LogP contribution in [-0.4, -0.2) is 33.2 Å². The molecule has 0 spiro atoms. The Bertz CT molecular complexity index is 5160. The SMILES string of the molecule is C1=CC(c2ccc3c4ccccc4n(-c4ccccc4)c3c2)Cc2c1n(-c1ccc(-c3nc(-c4ccccc4)nc(-c4cccc(-n5c6ccccc6c6ccccc65)c4)n3)cc1-n1c3ccccc3c3ccccc31)c1ccccc21. The fourth-order valence-corrected chi connectivity index (χ4v) is 13.3. The van der Waals surface area contributed by atoms with Crippen LogP contribution in [0.2, 0.25) is 0 Å². The minimum Gasteiger partial charge on any atom is -0.309 e. The molecule has 5 heterocycles. The molecule has 0 fully saturated rings. The van der Waals surface area contributed by atoms with Gasteiger partial charge >= 0.3 is 0 Å². The van der Waals surface area contributed by atoms with Crippen molar-refractivity contribution in [2.75, 3.05) is 0 Å². The summed E-state index contributed by atoms with van der Waals surface area (Å²) in [7, 11) is 0. The van der Waals surface area contributed by atoms with Crippen molar-refractivity contribution in [3.63, 3.8) is 0 Å². The standard InChI is InChI=1S/C75H49N7/c1-3-20-48(21-4-1)73-76-74(51-22-19-25-54(44-51)80-64-33-14-7-26-55(64)56-27-8-15-34-65(56)80)78-75(77-73)52-40-43-70(72(47-52)82-66-35-16-10-28-57(66)58-29-11-17-36-67(58)82)81-68-37-18-12-31-60(68)62-45-49(39-42-69(62)81)50-38-41-61-59-30-9-13-32-63(59)79(71(61)46-50)53-23-5-2-6-24-53/h1-44,46-47,49H,45H2. The van der Waals surface area contributed by atoms with Gasteiger partial charge in [0.05, 0.1) is 50.0 Å². The lowest BCUT2D eigenvalue weighted by molar-refractivity contribution is 0.825. The van der Waals surface area contributed by atoms with Gasteiger partial charge < -0.3 is 18.3 Å². The number of fused-ring (bicyclic) bond motifs is 12. The summed E-state index contributed by atoms with van der Waals surface area (Å²) >= 11 is 0. The smallest absolute Gasteiger partial charge is 0.164 e. The Labute approximate surface area is 472 Å². The Morgan fingerprint density at radius 2 is 0.732 bits per heavy atom. The van der Waals surface area contributed by atoms with Crippen LogP contribution >= 0.6 is 0 Å². The molecule has 0 saturated heterocycles. The molecule has 0 radical (unpaired) electrons. The molecule has 82 heavy (non-hydrogen) atoms. The lowest BCUT2D eigenvalue weighted by Crippen LogP contribution is -2.09. The van der Waals surface area contributed by atoms with Crippen LogP contribution in [0, 0.1) is 0 Å². The third-order valence-corrected chi connectivity index (χ3v) is 17.0. The first-order valence-electron chi connectivity index (χ1n) is 28.1. The summed E-state index contributed by atoms with van der Waals surface area (Å²) in [6.45, 7) is 0. The maximum Gasteiger partial charge on any atom is 0.164 e. The Morgan fingerprint density at radius 1 is 0.293 bits per heavy atom. The largest absolute Gasteiger partial charge is 0.309 e. The van der Waals surface area contributed by atoms with Gasteiger partial charge in [0, 0.05) is 77.4 Å². The fourth-order valence-electron chi connectivity index (χ4n) is 13.3. The zero-order valence-corrected chi connectivity index (χ0v) is 44.5. The van der Waals surface area contributed by atoms with Crippen molar-refractivity contribution < 1.29 is 0 Å². The third kappa shape index (κ3) is 7.13. The monoisotopic (exact) mass is 1050 g/mol. The number of nitrogens with zero attached hydrogens (tertiary/aromatic N) is 7. The highest BCUT2D eigenvalue weighted by atomic mass is 15.1. The van der Waals surface area contributed by atoms with E-state index in [1.807, 2.05) is 18.2 Å². The van der Waals surface area contributed by atoms with Crippen molar-refractivity contribution >= 4 is 82.4 Å². The summed E-state index contributed by atoms with van der Waals surface area (Å²) in [6.07, 6.45) is 5.66. The van der Waals surface area contributed by atoms with Crippen LogP contribution in [0.1, 0.15) is 22.7 Å². The highest BCUT2D eigenvalue weighted by molar-refractivity contribution is 6.12. The quantitative estimate of drug-likeness (QED) is 0.152. The van der Waals surface area contributed by atoms with Gasteiger partial charge in [-0.3, -0.25) is 0 Å². The van der Waals surface area contributed by atoms with Crippen LogP contribution in [0.15, 0.2) is 273 Å². The van der Waals surface area contributed by atoms with Gasteiger partial charge in [-0.25, -0.2) is 15.0 Å². The van der Waals surface area contributed by atoms with E-state index < -0.39 is 0 Å². The Hall–Kier alpha value is -10.9. The molecule has 0 bridgehead atoms. The zero-order valence-electron chi connectivity index (χ0n) is 44.5. The summed E-state index contributed by atoms with van der Waals surface area (Å²) in [5, 5.41) is 8.58. The van der Waals surface area contributed by atoms with E-state index in [1.54, 1.807) is 0 Å². The Kier molecular flexibility index (Phi) is 10.3. The molecular formula is C75H49N7. The molecule has 1 atom stereocenters. The van der Waals surface area contributed by atoms with Crippen molar-refractivity contribution in [3.8, 4) is 56.9 Å². The first kappa shape index (κ1) is 46.1. The van der Waals surface area contributed by atoms with Crippen molar-refractivity contribution in [1.29, 1.82) is 0 Å². The van der Waals surface area contributed by atoms with Crippen LogP contribution < -0.4 is 0 Å². The van der Waals surface area contributed by atoms with Crippen LogP contribution in [0.3, 0.4) is 0 Å². The first-order valence-corrected chi connectivity index (χ1v) is 28.1. The average molecular weight is 1050 g/mol. The number of para-hydroxylation sites is 7. The van der Waals surface area contributed by atoms with Crippen LogP contribution in [-0.2, 0) is 6.42 Å². The second-order valence-electron chi connectivity index (χ2n) is 21.5. The molecule has 7 nitrogen and oxygen atoms in total. The predicted octanol–water partition coefficient (Wildman–Crippen LogP) is 18.5. The minimum atomic E-state index is 0.164. The molecule has 0 N–H and O–H groups in total. The molecule has 1 aliphatic carbocycles. The van der Waals surface area contributed by atoms with E-state index in [0.29, 0.717) is 17.5 Å². The van der Waals surface area contributed by atoms with Crippen LogP contribution in [0.4, 0.5) is 0 Å². The van der Waals surface area contributed by atoms with Crippen molar-refractivity contribution in [1.82, 2.24) is 33.2 Å². The lowest BCUT2D eigenvalue weighted by atomic mass is 9.86. The van der Waals surface area contributed by atoms with Gasteiger partial charge in [-0.05, 0) is 109 Å². The number of benzene rings is 11. The molecule has 16 aromatic rings. The van der Waals surface area contributed by atoms with E-state index in [4.69, 9.17) is 15.0 Å².